The number of amides is 1. The van der Waals surface area contributed by atoms with Gasteiger partial charge in [0.1, 0.15) is 6.04 Å². The van der Waals surface area contributed by atoms with Gasteiger partial charge in [0, 0.05) is 13.1 Å². The Hall–Kier alpha value is -0.560. The van der Waals surface area contributed by atoms with Crippen LogP contribution >= 0.6 is 24.8 Å². The van der Waals surface area contributed by atoms with Gasteiger partial charge in [-0.2, -0.15) is 0 Å². The van der Waals surface area contributed by atoms with Crippen LogP contribution in [-0.4, -0.2) is 42.7 Å². The van der Waals surface area contributed by atoms with E-state index in [9.17, 15) is 9.59 Å². The molecule has 1 aliphatic rings. The molecular formula is C11H23Cl2N3O3. The summed E-state index contributed by atoms with van der Waals surface area (Å²) in [5.41, 5.74) is 5.36. The topological polar surface area (TPSA) is 104 Å². The van der Waals surface area contributed by atoms with Crippen molar-refractivity contribution in [3.8, 4) is 0 Å². The molecular weight excluding hydrogens is 293 g/mol. The van der Waals surface area contributed by atoms with E-state index in [1.165, 1.54) is 0 Å². The molecule has 0 bridgehead atoms. The van der Waals surface area contributed by atoms with E-state index in [4.69, 9.17) is 10.8 Å². The number of halogens is 2. The number of nitrogens with two attached hydrogens (primary N) is 1. The SMILES string of the molecule is Cl.Cl.N[C@@H](CCCCNC(=O)[C@@H]1CCNC1)C(=O)O. The molecule has 1 heterocycles. The van der Waals surface area contributed by atoms with Gasteiger partial charge >= 0.3 is 5.97 Å². The minimum absolute atomic E-state index is 0. The fourth-order valence-electron chi connectivity index (χ4n) is 1.85. The quantitative estimate of drug-likeness (QED) is 0.500. The molecule has 114 valence electrons. The third-order valence-corrected chi connectivity index (χ3v) is 2.99. The van der Waals surface area contributed by atoms with Crippen LogP contribution in [-0.2, 0) is 9.59 Å². The second-order valence-corrected chi connectivity index (χ2v) is 4.42. The van der Waals surface area contributed by atoms with Crippen LogP contribution in [0.25, 0.3) is 0 Å². The molecule has 0 aromatic carbocycles. The van der Waals surface area contributed by atoms with Gasteiger partial charge < -0.3 is 21.5 Å². The number of carboxylic acids is 1. The van der Waals surface area contributed by atoms with Crippen LogP contribution in [0.4, 0.5) is 0 Å². The second-order valence-electron chi connectivity index (χ2n) is 4.42. The Morgan fingerprint density at radius 2 is 2.05 bits per heavy atom. The van der Waals surface area contributed by atoms with E-state index in [-0.39, 0.29) is 36.6 Å². The number of carbonyl (C=O) groups is 2. The fourth-order valence-corrected chi connectivity index (χ4v) is 1.85. The van der Waals surface area contributed by atoms with E-state index in [0.29, 0.717) is 13.0 Å². The lowest BCUT2D eigenvalue weighted by Gasteiger charge is -2.10. The summed E-state index contributed by atoms with van der Waals surface area (Å²) in [7, 11) is 0. The molecule has 1 fully saturated rings. The Labute approximate surface area is 125 Å². The van der Waals surface area contributed by atoms with Gasteiger partial charge in [0.15, 0.2) is 0 Å². The third-order valence-electron chi connectivity index (χ3n) is 2.99. The van der Waals surface area contributed by atoms with Crippen molar-refractivity contribution in [3.05, 3.63) is 0 Å². The van der Waals surface area contributed by atoms with Gasteiger partial charge in [-0.3, -0.25) is 9.59 Å². The van der Waals surface area contributed by atoms with Crippen molar-refractivity contribution in [2.24, 2.45) is 11.7 Å². The number of rotatable bonds is 7. The van der Waals surface area contributed by atoms with Gasteiger partial charge in [-0.25, -0.2) is 0 Å². The molecule has 5 N–H and O–H groups in total. The molecule has 0 spiro atoms. The minimum atomic E-state index is -0.967. The highest BCUT2D eigenvalue weighted by atomic mass is 35.5. The first-order chi connectivity index (χ1) is 8.11. The Kier molecular flexibility index (Phi) is 12.3. The highest BCUT2D eigenvalue weighted by Gasteiger charge is 2.21. The van der Waals surface area contributed by atoms with Crippen LogP contribution in [0.2, 0.25) is 0 Å². The summed E-state index contributed by atoms with van der Waals surface area (Å²) in [6.07, 6.45) is 2.84. The maximum absolute atomic E-state index is 11.6. The largest absolute Gasteiger partial charge is 0.480 e. The van der Waals surface area contributed by atoms with E-state index >= 15 is 0 Å². The number of unbranched alkanes of at least 4 members (excludes halogenated alkanes) is 1. The number of aliphatic carboxylic acids is 1. The molecule has 0 aliphatic carbocycles. The summed E-state index contributed by atoms with van der Waals surface area (Å²) >= 11 is 0. The van der Waals surface area contributed by atoms with Gasteiger partial charge in [0.2, 0.25) is 5.91 Å². The summed E-state index contributed by atoms with van der Waals surface area (Å²) in [4.78, 5) is 22.0. The first-order valence-corrected chi connectivity index (χ1v) is 6.08. The summed E-state index contributed by atoms with van der Waals surface area (Å²) in [6.45, 7) is 2.27. The van der Waals surface area contributed by atoms with Crippen molar-refractivity contribution in [2.75, 3.05) is 19.6 Å². The number of hydrogen-bond acceptors (Lipinski definition) is 4. The van der Waals surface area contributed by atoms with E-state index in [2.05, 4.69) is 10.6 Å². The third kappa shape index (κ3) is 8.26. The standard InChI is InChI=1S/C11H21N3O3.2ClH/c12-9(11(16)17)3-1-2-5-14-10(15)8-4-6-13-7-8;;/h8-9,13H,1-7,12H2,(H,14,15)(H,16,17);2*1H/t8-,9+;;/m1../s1. The van der Waals surface area contributed by atoms with Crippen LogP contribution in [0, 0.1) is 5.92 Å². The Balaban J connectivity index is 0. The fraction of sp³-hybridized carbons (Fsp3) is 0.818. The average Bonchev–Trinajstić information content (AvgIpc) is 2.81. The Morgan fingerprint density at radius 1 is 1.37 bits per heavy atom. The van der Waals surface area contributed by atoms with Crippen LogP contribution in [0.3, 0.4) is 0 Å². The zero-order chi connectivity index (χ0) is 12.7. The van der Waals surface area contributed by atoms with Gasteiger partial charge in [-0.1, -0.05) is 0 Å². The molecule has 0 unspecified atom stereocenters. The minimum Gasteiger partial charge on any atom is -0.480 e. The summed E-state index contributed by atoms with van der Waals surface area (Å²) in [5.74, 6) is -0.778. The lowest BCUT2D eigenvalue weighted by molar-refractivity contribution is -0.138. The molecule has 0 saturated carbocycles. The monoisotopic (exact) mass is 315 g/mol. The molecule has 1 aliphatic heterocycles. The van der Waals surface area contributed by atoms with E-state index in [1.54, 1.807) is 0 Å². The Bertz CT molecular complexity index is 274. The van der Waals surface area contributed by atoms with Gasteiger partial charge in [0.05, 0.1) is 5.92 Å². The van der Waals surface area contributed by atoms with Crippen molar-refractivity contribution in [1.82, 2.24) is 10.6 Å². The molecule has 6 nitrogen and oxygen atoms in total. The van der Waals surface area contributed by atoms with Gasteiger partial charge in [0.25, 0.3) is 0 Å². The predicted octanol–water partition coefficient (Wildman–Crippen LogP) is 0.138. The predicted molar refractivity (Wildman–Crippen MR) is 77.9 cm³/mol. The number of hydrogen-bond donors (Lipinski definition) is 4. The van der Waals surface area contributed by atoms with Crippen LogP contribution < -0.4 is 16.4 Å². The van der Waals surface area contributed by atoms with Crippen molar-refractivity contribution in [2.45, 2.75) is 31.7 Å². The molecule has 1 amide bonds. The van der Waals surface area contributed by atoms with E-state index in [0.717, 1.165) is 32.4 Å². The first kappa shape index (κ1) is 20.8. The lowest BCUT2D eigenvalue weighted by Crippen LogP contribution is -2.33. The van der Waals surface area contributed by atoms with Crippen molar-refractivity contribution in [3.63, 3.8) is 0 Å². The smallest absolute Gasteiger partial charge is 0.320 e. The van der Waals surface area contributed by atoms with Gasteiger partial charge in [-0.05, 0) is 32.2 Å². The molecule has 1 saturated heterocycles. The van der Waals surface area contributed by atoms with Crippen molar-refractivity contribution >= 4 is 36.7 Å². The lowest BCUT2D eigenvalue weighted by atomic mass is 10.1. The molecule has 8 heteroatoms. The van der Waals surface area contributed by atoms with Crippen LogP contribution in [0.5, 0.6) is 0 Å². The molecule has 2 atom stereocenters. The normalized spacial score (nSPS) is 18.9. The average molecular weight is 316 g/mol. The highest BCUT2D eigenvalue weighted by Crippen LogP contribution is 2.07. The van der Waals surface area contributed by atoms with Crippen LogP contribution in [0.15, 0.2) is 0 Å². The maximum atomic E-state index is 11.6. The van der Waals surface area contributed by atoms with E-state index in [1.807, 2.05) is 0 Å². The maximum Gasteiger partial charge on any atom is 0.320 e. The number of carbonyl (C=O) groups excluding carboxylic acids is 1. The zero-order valence-electron chi connectivity index (χ0n) is 10.8. The highest BCUT2D eigenvalue weighted by molar-refractivity contribution is 5.85. The zero-order valence-corrected chi connectivity index (χ0v) is 12.4. The summed E-state index contributed by atoms with van der Waals surface area (Å²) in [5, 5.41) is 14.6. The molecule has 0 radical (unpaired) electrons. The number of nitrogens with one attached hydrogen (secondary N) is 2. The Morgan fingerprint density at radius 3 is 2.58 bits per heavy atom. The van der Waals surface area contributed by atoms with Crippen LogP contribution in [0.1, 0.15) is 25.7 Å². The van der Waals surface area contributed by atoms with Crippen molar-refractivity contribution < 1.29 is 14.7 Å². The first-order valence-electron chi connectivity index (χ1n) is 6.08. The summed E-state index contributed by atoms with van der Waals surface area (Å²) in [6, 6.07) is -0.787. The molecule has 19 heavy (non-hydrogen) atoms. The second kappa shape index (κ2) is 11.3. The number of carboxylic acid groups (broad SMARTS) is 1. The van der Waals surface area contributed by atoms with Gasteiger partial charge in [-0.15, -0.1) is 24.8 Å². The molecule has 0 aromatic heterocycles. The molecule has 0 aromatic rings. The molecule has 1 rings (SSSR count). The van der Waals surface area contributed by atoms with E-state index < -0.39 is 12.0 Å². The summed E-state index contributed by atoms with van der Waals surface area (Å²) < 4.78 is 0. The van der Waals surface area contributed by atoms with Crippen molar-refractivity contribution in [1.29, 1.82) is 0 Å².